The molecule has 0 aliphatic rings. The van der Waals surface area contributed by atoms with Gasteiger partial charge in [-0.25, -0.2) is 0 Å². The van der Waals surface area contributed by atoms with E-state index in [1.54, 1.807) is 0 Å². The van der Waals surface area contributed by atoms with Crippen molar-refractivity contribution in [2.75, 3.05) is 5.73 Å². The standard InChI is InChI=1S/C18H18N2O/c1-11-4-7-14(8-5-11)16-17(20-21-18(16)19)15-9-6-12(2)13(3)10-15/h4-10H,19H2,1-3H3. The molecule has 0 aliphatic heterocycles. The van der Waals surface area contributed by atoms with Crippen molar-refractivity contribution in [3.8, 4) is 22.4 Å². The zero-order chi connectivity index (χ0) is 15.0. The molecule has 21 heavy (non-hydrogen) atoms. The van der Waals surface area contributed by atoms with Crippen LogP contribution in [0.5, 0.6) is 0 Å². The fraction of sp³-hybridized carbons (Fsp3) is 0.167. The van der Waals surface area contributed by atoms with Crippen molar-refractivity contribution in [1.29, 1.82) is 0 Å². The lowest BCUT2D eigenvalue weighted by Gasteiger charge is -2.06. The lowest BCUT2D eigenvalue weighted by atomic mass is 9.98. The Kier molecular flexibility index (Phi) is 3.26. The molecule has 3 rings (SSSR count). The van der Waals surface area contributed by atoms with Crippen molar-refractivity contribution in [2.45, 2.75) is 20.8 Å². The summed E-state index contributed by atoms with van der Waals surface area (Å²) in [4.78, 5) is 0. The minimum atomic E-state index is 0.354. The van der Waals surface area contributed by atoms with E-state index in [1.807, 2.05) is 12.1 Å². The molecule has 0 radical (unpaired) electrons. The fourth-order valence-electron chi connectivity index (χ4n) is 2.39. The Bertz CT molecular complexity index is 785. The molecule has 0 aliphatic carbocycles. The zero-order valence-electron chi connectivity index (χ0n) is 12.5. The summed E-state index contributed by atoms with van der Waals surface area (Å²) in [5, 5.41) is 4.16. The highest BCUT2D eigenvalue weighted by atomic mass is 16.5. The van der Waals surface area contributed by atoms with Gasteiger partial charge in [0.2, 0.25) is 5.88 Å². The van der Waals surface area contributed by atoms with Gasteiger partial charge in [0.1, 0.15) is 5.69 Å². The van der Waals surface area contributed by atoms with Crippen LogP contribution >= 0.6 is 0 Å². The molecule has 2 N–H and O–H groups in total. The molecule has 1 heterocycles. The Labute approximate surface area is 124 Å². The molecular formula is C18H18N2O. The summed E-state index contributed by atoms with van der Waals surface area (Å²) in [6, 6.07) is 14.5. The molecule has 0 amide bonds. The second-order valence-electron chi connectivity index (χ2n) is 5.44. The Morgan fingerprint density at radius 2 is 1.52 bits per heavy atom. The summed E-state index contributed by atoms with van der Waals surface area (Å²) in [5.74, 6) is 0.354. The Hall–Kier alpha value is -2.55. The van der Waals surface area contributed by atoms with E-state index < -0.39 is 0 Å². The molecule has 0 fully saturated rings. The van der Waals surface area contributed by atoms with Gasteiger partial charge in [0, 0.05) is 5.56 Å². The van der Waals surface area contributed by atoms with E-state index in [1.165, 1.54) is 16.7 Å². The van der Waals surface area contributed by atoms with Crippen molar-refractivity contribution in [3.05, 3.63) is 59.2 Å². The first kappa shape index (κ1) is 13.4. The summed E-state index contributed by atoms with van der Waals surface area (Å²) in [5.41, 5.74) is 13.4. The molecule has 0 bridgehead atoms. The summed E-state index contributed by atoms with van der Waals surface area (Å²) >= 11 is 0. The smallest absolute Gasteiger partial charge is 0.230 e. The highest BCUT2D eigenvalue weighted by molar-refractivity contribution is 5.87. The number of nitrogens with two attached hydrogens (primary N) is 1. The van der Waals surface area contributed by atoms with E-state index in [0.717, 1.165) is 22.4 Å². The molecule has 0 spiro atoms. The summed E-state index contributed by atoms with van der Waals surface area (Å²) in [6.07, 6.45) is 0. The van der Waals surface area contributed by atoms with Crippen molar-refractivity contribution in [1.82, 2.24) is 5.16 Å². The number of anilines is 1. The number of hydrogen-bond acceptors (Lipinski definition) is 3. The van der Waals surface area contributed by atoms with Gasteiger partial charge in [-0.3, -0.25) is 0 Å². The number of rotatable bonds is 2. The minimum absolute atomic E-state index is 0.354. The number of benzene rings is 2. The second kappa shape index (κ2) is 5.09. The van der Waals surface area contributed by atoms with Crippen LogP contribution in [0.1, 0.15) is 16.7 Å². The van der Waals surface area contributed by atoms with E-state index in [9.17, 15) is 0 Å². The second-order valence-corrected chi connectivity index (χ2v) is 5.44. The highest BCUT2D eigenvalue weighted by Crippen LogP contribution is 2.36. The van der Waals surface area contributed by atoms with E-state index in [0.29, 0.717) is 5.88 Å². The predicted molar refractivity (Wildman–Crippen MR) is 86.0 cm³/mol. The SMILES string of the molecule is Cc1ccc(-c2c(-c3ccc(C)c(C)c3)noc2N)cc1. The molecule has 3 heteroatoms. The van der Waals surface area contributed by atoms with Crippen LogP contribution in [0.2, 0.25) is 0 Å². The van der Waals surface area contributed by atoms with Crippen LogP contribution in [0.25, 0.3) is 22.4 Å². The molecule has 1 aromatic heterocycles. The predicted octanol–water partition coefficient (Wildman–Crippen LogP) is 4.52. The van der Waals surface area contributed by atoms with Crippen LogP contribution in [0, 0.1) is 20.8 Å². The van der Waals surface area contributed by atoms with E-state index in [-0.39, 0.29) is 0 Å². The third-order valence-corrected chi connectivity index (χ3v) is 3.84. The molecule has 106 valence electrons. The Morgan fingerprint density at radius 3 is 2.19 bits per heavy atom. The van der Waals surface area contributed by atoms with Crippen LogP contribution < -0.4 is 5.73 Å². The maximum Gasteiger partial charge on any atom is 0.230 e. The average Bonchev–Trinajstić information content (AvgIpc) is 2.85. The maximum absolute atomic E-state index is 5.99. The summed E-state index contributed by atoms with van der Waals surface area (Å²) in [7, 11) is 0. The highest BCUT2D eigenvalue weighted by Gasteiger charge is 2.17. The van der Waals surface area contributed by atoms with Crippen molar-refractivity contribution >= 4 is 5.88 Å². The normalized spacial score (nSPS) is 10.8. The first-order valence-corrected chi connectivity index (χ1v) is 6.96. The van der Waals surface area contributed by atoms with Gasteiger partial charge in [0.25, 0.3) is 0 Å². The van der Waals surface area contributed by atoms with Crippen molar-refractivity contribution < 1.29 is 4.52 Å². The zero-order valence-corrected chi connectivity index (χ0v) is 12.5. The van der Waals surface area contributed by atoms with Crippen LogP contribution in [0.3, 0.4) is 0 Å². The lowest BCUT2D eigenvalue weighted by molar-refractivity contribution is 0.439. The number of nitrogens with zero attached hydrogens (tertiary/aromatic N) is 1. The first-order chi connectivity index (χ1) is 10.1. The molecule has 3 aromatic rings. The molecule has 0 unspecified atom stereocenters. The van der Waals surface area contributed by atoms with Gasteiger partial charge >= 0.3 is 0 Å². The lowest BCUT2D eigenvalue weighted by Crippen LogP contribution is -1.89. The summed E-state index contributed by atoms with van der Waals surface area (Å²) < 4.78 is 5.23. The number of nitrogen functional groups attached to an aromatic ring is 1. The topological polar surface area (TPSA) is 52.0 Å². The van der Waals surface area contributed by atoms with E-state index in [2.05, 4.69) is 56.3 Å². The number of aromatic nitrogens is 1. The average molecular weight is 278 g/mol. The third-order valence-electron chi connectivity index (χ3n) is 3.84. The van der Waals surface area contributed by atoms with Crippen molar-refractivity contribution in [2.24, 2.45) is 0 Å². The maximum atomic E-state index is 5.99. The fourth-order valence-corrected chi connectivity index (χ4v) is 2.39. The van der Waals surface area contributed by atoms with Crippen LogP contribution in [-0.2, 0) is 0 Å². The van der Waals surface area contributed by atoms with Crippen molar-refractivity contribution in [3.63, 3.8) is 0 Å². The molecule has 3 nitrogen and oxygen atoms in total. The van der Waals surface area contributed by atoms with Gasteiger partial charge in [0.15, 0.2) is 0 Å². The number of aryl methyl sites for hydroxylation is 3. The molecule has 0 saturated carbocycles. The van der Waals surface area contributed by atoms with Gasteiger partial charge in [0.05, 0.1) is 5.56 Å². The minimum Gasteiger partial charge on any atom is -0.367 e. The molecule has 2 aromatic carbocycles. The molecule has 0 saturated heterocycles. The van der Waals surface area contributed by atoms with E-state index in [4.69, 9.17) is 10.3 Å². The Morgan fingerprint density at radius 1 is 0.857 bits per heavy atom. The monoisotopic (exact) mass is 278 g/mol. The Balaban J connectivity index is 2.16. The van der Waals surface area contributed by atoms with E-state index >= 15 is 0 Å². The van der Waals surface area contributed by atoms with Crippen LogP contribution in [0.15, 0.2) is 47.0 Å². The molecule has 0 atom stereocenters. The van der Waals surface area contributed by atoms with Gasteiger partial charge in [-0.05, 0) is 43.5 Å². The van der Waals surface area contributed by atoms with Gasteiger partial charge in [-0.1, -0.05) is 47.1 Å². The van der Waals surface area contributed by atoms with Gasteiger partial charge < -0.3 is 10.3 Å². The largest absolute Gasteiger partial charge is 0.367 e. The quantitative estimate of drug-likeness (QED) is 0.750. The van der Waals surface area contributed by atoms with Gasteiger partial charge in [-0.2, -0.15) is 0 Å². The third kappa shape index (κ3) is 2.42. The number of hydrogen-bond donors (Lipinski definition) is 1. The molecular weight excluding hydrogens is 260 g/mol. The first-order valence-electron chi connectivity index (χ1n) is 6.96. The summed E-state index contributed by atoms with van der Waals surface area (Å²) in [6.45, 7) is 6.25. The van der Waals surface area contributed by atoms with Gasteiger partial charge in [-0.15, -0.1) is 0 Å². The van der Waals surface area contributed by atoms with Crippen LogP contribution in [0.4, 0.5) is 5.88 Å². The van der Waals surface area contributed by atoms with Crippen LogP contribution in [-0.4, -0.2) is 5.16 Å².